The molecule has 0 unspecified atom stereocenters. The number of aliphatic imine (C=N–C) groups is 1. The molecule has 28 heavy (non-hydrogen) atoms. The fourth-order valence-electron chi connectivity index (χ4n) is 3.29. The molecule has 0 atom stereocenters. The predicted octanol–water partition coefficient (Wildman–Crippen LogP) is 0.763. The van der Waals surface area contributed by atoms with E-state index in [9.17, 15) is 9.18 Å². The lowest BCUT2D eigenvalue weighted by atomic mass is 10.1. The Labute approximate surface area is 167 Å². The summed E-state index contributed by atoms with van der Waals surface area (Å²) >= 11 is 0. The number of nitrogens with one attached hydrogen (secondary N) is 3. The van der Waals surface area contributed by atoms with Crippen LogP contribution in [0.25, 0.3) is 0 Å². The number of rotatable bonds is 7. The molecule has 1 saturated heterocycles. The normalized spacial score (nSPS) is 16.3. The summed E-state index contributed by atoms with van der Waals surface area (Å²) < 4.78 is 13.9. The molecule has 7 nitrogen and oxygen atoms in total. The standard InChI is InChI=1S/C20H33FN6O/c1-22-19(28)14-27-9-7-17(8-10-27)25-20(23-2)24-12-15-5-6-18(21)16(11-15)13-26(3)4/h5-6,11,17H,7-10,12-14H2,1-4H3,(H,22,28)(H2,23,24,25). The maximum absolute atomic E-state index is 13.9. The number of likely N-dealkylation sites (N-methyl/N-ethyl adjacent to an activating group) is 1. The minimum Gasteiger partial charge on any atom is -0.358 e. The lowest BCUT2D eigenvalue weighted by Gasteiger charge is -2.32. The van der Waals surface area contributed by atoms with Crippen LogP contribution in [-0.4, -0.2) is 75.5 Å². The molecular weight excluding hydrogens is 359 g/mol. The molecule has 0 aromatic heterocycles. The van der Waals surface area contributed by atoms with E-state index in [1.165, 1.54) is 6.07 Å². The zero-order chi connectivity index (χ0) is 20.5. The van der Waals surface area contributed by atoms with Gasteiger partial charge in [-0.05, 0) is 44.6 Å². The Balaban J connectivity index is 1.82. The van der Waals surface area contributed by atoms with Gasteiger partial charge in [-0.3, -0.25) is 14.7 Å². The first-order chi connectivity index (χ1) is 13.4. The second-order valence-corrected chi connectivity index (χ2v) is 7.46. The van der Waals surface area contributed by atoms with Gasteiger partial charge >= 0.3 is 0 Å². The highest BCUT2D eigenvalue weighted by atomic mass is 19.1. The SMILES string of the molecule is CN=C(NCc1ccc(F)c(CN(C)C)c1)NC1CCN(CC(=O)NC)CC1. The summed E-state index contributed by atoms with van der Waals surface area (Å²) in [5, 5.41) is 9.43. The van der Waals surface area contributed by atoms with E-state index in [-0.39, 0.29) is 11.7 Å². The number of hydrogen-bond acceptors (Lipinski definition) is 4. The lowest BCUT2D eigenvalue weighted by molar-refractivity contribution is -0.122. The van der Waals surface area contributed by atoms with Crippen molar-refractivity contribution in [3.63, 3.8) is 0 Å². The third kappa shape index (κ3) is 7.09. The first-order valence-corrected chi connectivity index (χ1v) is 9.73. The number of benzene rings is 1. The van der Waals surface area contributed by atoms with Gasteiger partial charge in [0.15, 0.2) is 5.96 Å². The second kappa shape index (κ2) is 11.0. The monoisotopic (exact) mass is 392 g/mol. The van der Waals surface area contributed by atoms with Crippen LogP contribution in [0.5, 0.6) is 0 Å². The van der Waals surface area contributed by atoms with Crippen molar-refractivity contribution >= 4 is 11.9 Å². The highest BCUT2D eigenvalue weighted by Gasteiger charge is 2.21. The molecule has 156 valence electrons. The molecule has 1 aliphatic heterocycles. The van der Waals surface area contributed by atoms with Crippen molar-refractivity contribution in [1.29, 1.82) is 0 Å². The molecule has 0 bridgehead atoms. The summed E-state index contributed by atoms with van der Waals surface area (Å²) in [5.41, 5.74) is 1.71. The van der Waals surface area contributed by atoms with E-state index >= 15 is 0 Å². The Morgan fingerprint density at radius 3 is 2.64 bits per heavy atom. The topological polar surface area (TPSA) is 72.0 Å². The molecule has 0 saturated carbocycles. The zero-order valence-electron chi connectivity index (χ0n) is 17.4. The zero-order valence-corrected chi connectivity index (χ0v) is 17.4. The first kappa shape index (κ1) is 22.1. The molecule has 2 rings (SSSR count). The summed E-state index contributed by atoms with van der Waals surface area (Å²) in [7, 11) is 7.27. The second-order valence-electron chi connectivity index (χ2n) is 7.46. The van der Waals surface area contributed by atoms with Crippen LogP contribution in [0.15, 0.2) is 23.2 Å². The number of amides is 1. The summed E-state index contributed by atoms with van der Waals surface area (Å²) in [6.07, 6.45) is 1.92. The number of carbonyl (C=O) groups excluding carboxylic acids is 1. The number of nitrogens with zero attached hydrogens (tertiary/aromatic N) is 3. The summed E-state index contributed by atoms with van der Waals surface area (Å²) in [5.74, 6) is 0.614. The Hall–Kier alpha value is -2.19. The average molecular weight is 393 g/mol. The fraction of sp³-hybridized carbons (Fsp3) is 0.600. The van der Waals surface area contributed by atoms with Crippen LogP contribution in [0.4, 0.5) is 4.39 Å². The Morgan fingerprint density at radius 2 is 2.04 bits per heavy atom. The van der Waals surface area contributed by atoms with Crippen molar-refractivity contribution in [1.82, 2.24) is 25.8 Å². The van der Waals surface area contributed by atoms with Gasteiger partial charge in [-0.2, -0.15) is 0 Å². The van der Waals surface area contributed by atoms with Gasteiger partial charge in [-0.1, -0.05) is 6.07 Å². The average Bonchev–Trinajstić information content (AvgIpc) is 2.68. The smallest absolute Gasteiger partial charge is 0.233 e. The van der Waals surface area contributed by atoms with Crippen LogP contribution < -0.4 is 16.0 Å². The maximum atomic E-state index is 13.9. The fourth-order valence-corrected chi connectivity index (χ4v) is 3.29. The number of hydrogen-bond donors (Lipinski definition) is 3. The van der Waals surface area contributed by atoms with Gasteiger partial charge in [0.25, 0.3) is 0 Å². The molecular formula is C20H33FN6O. The van der Waals surface area contributed by atoms with Crippen molar-refractivity contribution in [2.45, 2.75) is 32.0 Å². The van der Waals surface area contributed by atoms with Gasteiger partial charge in [0, 0.05) is 51.9 Å². The Morgan fingerprint density at radius 1 is 1.32 bits per heavy atom. The van der Waals surface area contributed by atoms with Gasteiger partial charge < -0.3 is 20.9 Å². The molecule has 0 radical (unpaired) electrons. The number of guanidine groups is 1. The van der Waals surface area contributed by atoms with Gasteiger partial charge in [0.2, 0.25) is 5.91 Å². The third-order valence-electron chi connectivity index (χ3n) is 4.85. The van der Waals surface area contributed by atoms with E-state index in [0.29, 0.717) is 31.2 Å². The van der Waals surface area contributed by atoms with Crippen LogP contribution in [0.2, 0.25) is 0 Å². The van der Waals surface area contributed by atoms with Gasteiger partial charge in [-0.25, -0.2) is 4.39 Å². The van der Waals surface area contributed by atoms with E-state index in [4.69, 9.17) is 0 Å². The molecule has 0 spiro atoms. The van der Waals surface area contributed by atoms with Crippen molar-refractivity contribution in [3.05, 3.63) is 35.1 Å². The summed E-state index contributed by atoms with van der Waals surface area (Å²) in [4.78, 5) is 19.9. The quantitative estimate of drug-likeness (QED) is 0.472. The molecule has 1 aliphatic rings. The predicted molar refractivity (Wildman–Crippen MR) is 111 cm³/mol. The molecule has 0 aliphatic carbocycles. The molecule has 1 heterocycles. The van der Waals surface area contributed by atoms with E-state index in [0.717, 1.165) is 37.5 Å². The van der Waals surface area contributed by atoms with Crippen LogP contribution in [-0.2, 0) is 17.9 Å². The van der Waals surface area contributed by atoms with Crippen molar-refractivity contribution in [2.24, 2.45) is 4.99 Å². The molecule has 1 aromatic rings. The maximum Gasteiger partial charge on any atom is 0.233 e. The number of piperidine rings is 1. The molecule has 3 N–H and O–H groups in total. The summed E-state index contributed by atoms with van der Waals surface area (Å²) in [6, 6.07) is 5.54. The highest BCUT2D eigenvalue weighted by Crippen LogP contribution is 2.13. The number of halogens is 1. The van der Waals surface area contributed by atoms with E-state index in [1.807, 2.05) is 25.1 Å². The molecule has 1 aromatic carbocycles. The Bertz CT molecular complexity index is 671. The van der Waals surface area contributed by atoms with E-state index < -0.39 is 0 Å². The minimum atomic E-state index is -0.177. The highest BCUT2D eigenvalue weighted by molar-refractivity contribution is 5.80. The molecule has 1 fully saturated rings. The van der Waals surface area contributed by atoms with Gasteiger partial charge in [0.05, 0.1) is 6.54 Å². The van der Waals surface area contributed by atoms with E-state index in [1.54, 1.807) is 20.2 Å². The van der Waals surface area contributed by atoms with Gasteiger partial charge in [0.1, 0.15) is 5.82 Å². The van der Waals surface area contributed by atoms with E-state index in [2.05, 4.69) is 25.8 Å². The first-order valence-electron chi connectivity index (χ1n) is 9.73. The van der Waals surface area contributed by atoms with Crippen molar-refractivity contribution < 1.29 is 9.18 Å². The van der Waals surface area contributed by atoms with Crippen LogP contribution >= 0.6 is 0 Å². The van der Waals surface area contributed by atoms with Crippen LogP contribution in [0.1, 0.15) is 24.0 Å². The van der Waals surface area contributed by atoms with Gasteiger partial charge in [-0.15, -0.1) is 0 Å². The Kier molecular flexibility index (Phi) is 8.66. The van der Waals surface area contributed by atoms with Crippen molar-refractivity contribution in [3.8, 4) is 0 Å². The van der Waals surface area contributed by atoms with Crippen molar-refractivity contribution in [2.75, 3.05) is 47.8 Å². The minimum absolute atomic E-state index is 0.0526. The summed E-state index contributed by atoms with van der Waals surface area (Å²) in [6.45, 7) is 3.37. The molecule has 1 amide bonds. The largest absolute Gasteiger partial charge is 0.358 e. The lowest BCUT2D eigenvalue weighted by Crippen LogP contribution is -2.49. The van der Waals surface area contributed by atoms with Crippen LogP contribution in [0.3, 0.4) is 0 Å². The number of carbonyl (C=O) groups is 1. The third-order valence-corrected chi connectivity index (χ3v) is 4.85. The van der Waals surface area contributed by atoms with Crippen LogP contribution in [0, 0.1) is 5.82 Å². The number of likely N-dealkylation sites (tertiary alicyclic amines) is 1. The molecule has 8 heteroatoms.